The standard InChI is InChI=1S/C30H31ClN2O5S/c31-22-4-1-5-23-26(22)20(13-17-6-8-18(9-7-17)19-10-11-19)16-33(23)30-29(37)28(36)27(35)24(38-30)15-32-25(34)14-21-3-2-12-39-21/h1-9,12,16,19,24,27-30,35-37H,10-11,13-15H2,(H,32,34)/t24-,27-,28+,29-,30-/m1/s1. The molecule has 5 atom stereocenters. The molecule has 6 rings (SSSR count). The zero-order valence-electron chi connectivity index (χ0n) is 21.2. The van der Waals surface area contributed by atoms with Crippen molar-refractivity contribution in [2.24, 2.45) is 0 Å². The summed E-state index contributed by atoms with van der Waals surface area (Å²) < 4.78 is 7.93. The van der Waals surface area contributed by atoms with Gasteiger partial charge in [-0.05, 0) is 65.4 Å². The number of ether oxygens (including phenoxy) is 1. The van der Waals surface area contributed by atoms with E-state index in [1.807, 2.05) is 41.9 Å². The van der Waals surface area contributed by atoms with E-state index in [0.717, 1.165) is 26.9 Å². The van der Waals surface area contributed by atoms with Gasteiger partial charge in [0.15, 0.2) is 6.23 Å². The van der Waals surface area contributed by atoms with Crippen molar-refractivity contribution in [1.29, 1.82) is 0 Å². The van der Waals surface area contributed by atoms with Crippen LogP contribution in [0.3, 0.4) is 0 Å². The van der Waals surface area contributed by atoms with Gasteiger partial charge in [0.1, 0.15) is 24.4 Å². The Morgan fingerprint density at radius 2 is 1.82 bits per heavy atom. The van der Waals surface area contributed by atoms with Gasteiger partial charge in [0, 0.05) is 23.0 Å². The fraction of sp³-hybridized carbons (Fsp3) is 0.367. The van der Waals surface area contributed by atoms with Crippen LogP contribution in [0.2, 0.25) is 5.02 Å². The van der Waals surface area contributed by atoms with Crippen LogP contribution < -0.4 is 5.32 Å². The van der Waals surface area contributed by atoms with Gasteiger partial charge in [0.25, 0.3) is 0 Å². The average Bonchev–Trinajstić information content (AvgIpc) is 3.54. The Balaban J connectivity index is 1.25. The van der Waals surface area contributed by atoms with Crippen LogP contribution in [0.5, 0.6) is 0 Å². The molecule has 2 aromatic heterocycles. The zero-order valence-corrected chi connectivity index (χ0v) is 22.8. The Bertz CT molecular complexity index is 1450. The molecule has 0 bridgehead atoms. The maximum Gasteiger partial charge on any atom is 0.225 e. The number of amides is 1. The highest BCUT2D eigenvalue weighted by Gasteiger charge is 2.45. The van der Waals surface area contributed by atoms with Gasteiger partial charge in [-0.15, -0.1) is 11.3 Å². The predicted molar refractivity (Wildman–Crippen MR) is 151 cm³/mol. The lowest BCUT2D eigenvalue weighted by Gasteiger charge is -2.41. The third-order valence-corrected chi connectivity index (χ3v) is 8.88. The molecular formula is C30H31ClN2O5S. The van der Waals surface area contributed by atoms with E-state index in [-0.39, 0.29) is 18.9 Å². The quantitative estimate of drug-likeness (QED) is 0.256. The molecule has 4 aromatic rings. The number of carbonyl (C=O) groups excluding carboxylic acids is 1. The first-order valence-electron chi connectivity index (χ1n) is 13.2. The maximum atomic E-state index is 12.4. The molecule has 4 N–H and O–H groups in total. The van der Waals surface area contributed by atoms with Gasteiger partial charge in [-0.2, -0.15) is 0 Å². The fourth-order valence-electron chi connectivity index (χ4n) is 5.41. The summed E-state index contributed by atoms with van der Waals surface area (Å²) in [7, 11) is 0. The van der Waals surface area contributed by atoms with Gasteiger partial charge in [0.05, 0.1) is 17.0 Å². The van der Waals surface area contributed by atoms with Gasteiger partial charge in [-0.1, -0.05) is 48.0 Å². The first kappa shape index (κ1) is 26.5. The highest BCUT2D eigenvalue weighted by atomic mass is 35.5. The predicted octanol–water partition coefficient (Wildman–Crippen LogP) is 4.16. The number of aliphatic hydroxyl groups is 3. The number of fused-ring (bicyclic) bond motifs is 1. The molecule has 1 amide bonds. The van der Waals surface area contributed by atoms with Gasteiger partial charge >= 0.3 is 0 Å². The maximum absolute atomic E-state index is 12.4. The molecular weight excluding hydrogens is 536 g/mol. The Morgan fingerprint density at radius 3 is 2.54 bits per heavy atom. The topological polar surface area (TPSA) is 104 Å². The van der Waals surface area contributed by atoms with Gasteiger partial charge in [0.2, 0.25) is 5.91 Å². The van der Waals surface area contributed by atoms with Crippen LogP contribution in [0.15, 0.2) is 66.2 Å². The van der Waals surface area contributed by atoms with Gasteiger partial charge in [-0.3, -0.25) is 4.79 Å². The highest BCUT2D eigenvalue weighted by molar-refractivity contribution is 7.10. The van der Waals surface area contributed by atoms with Crippen molar-refractivity contribution in [3.63, 3.8) is 0 Å². The van der Waals surface area contributed by atoms with E-state index in [1.165, 1.54) is 29.7 Å². The lowest BCUT2D eigenvalue weighted by atomic mass is 9.97. The summed E-state index contributed by atoms with van der Waals surface area (Å²) in [6.07, 6.45) is -0.863. The molecule has 1 aliphatic carbocycles. The molecule has 2 aliphatic rings. The van der Waals surface area contributed by atoms with Crippen LogP contribution in [0.25, 0.3) is 10.9 Å². The van der Waals surface area contributed by atoms with E-state index in [4.69, 9.17) is 16.3 Å². The Kier molecular flexibility index (Phi) is 7.50. The van der Waals surface area contributed by atoms with Crippen LogP contribution in [-0.2, 0) is 22.4 Å². The van der Waals surface area contributed by atoms with Crippen LogP contribution in [0.4, 0.5) is 0 Å². The summed E-state index contributed by atoms with van der Waals surface area (Å²) in [6.45, 7) is -0.00812. The third-order valence-electron chi connectivity index (χ3n) is 7.69. The number of thiophene rings is 1. The summed E-state index contributed by atoms with van der Waals surface area (Å²) in [5, 5.41) is 38.5. The third kappa shape index (κ3) is 5.50. The lowest BCUT2D eigenvalue weighted by molar-refractivity contribution is -0.242. The first-order chi connectivity index (χ1) is 18.9. The highest BCUT2D eigenvalue weighted by Crippen LogP contribution is 2.40. The van der Waals surface area contributed by atoms with E-state index in [1.54, 1.807) is 4.57 Å². The van der Waals surface area contributed by atoms with Gasteiger partial charge in [-0.25, -0.2) is 0 Å². The van der Waals surface area contributed by atoms with Crippen molar-refractivity contribution in [1.82, 2.24) is 9.88 Å². The number of aromatic nitrogens is 1. The number of carbonyl (C=O) groups is 1. The molecule has 7 nitrogen and oxygen atoms in total. The molecule has 0 radical (unpaired) electrons. The van der Waals surface area contributed by atoms with E-state index >= 15 is 0 Å². The SMILES string of the molecule is O=C(Cc1cccs1)NC[C@H]1O[C@@H](n2cc(Cc3ccc(C4CC4)cc3)c3c(Cl)cccc32)[C@H](O)[C@@H](O)[C@@H]1O. The number of benzene rings is 2. The number of nitrogens with zero attached hydrogens (tertiary/aromatic N) is 1. The Hall–Kier alpha value is -2.72. The van der Waals surface area contributed by atoms with Gasteiger partial charge < -0.3 is 29.9 Å². The van der Waals surface area contributed by atoms with Crippen molar-refractivity contribution in [3.05, 3.63) is 92.8 Å². The monoisotopic (exact) mass is 566 g/mol. The molecule has 39 heavy (non-hydrogen) atoms. The fourth-order valence-corrected chi connectivity index (χ4v) is 6.41. The van der Waals surface area contributed by atoms with Crippen LogP contribution >= 0.6 is 22.9 Å². The number of rotatable bonds is 8. The van der Waals surface area contributed by atoms with E-state index in [2.05, 4.69) is 29.6 Å². The smallest absolute Gasteiger partial charge is 0.225 e. The van der Waals surface area contributed by atoms with E-state index < -0.39 is 30.6 Å². The summed E-state index contributed by atoms with van der Waals surface area (Å²) in [5.41, 5.74) is 4.23. The van der Waals surface area contributed by atoms with Crippen molar-refractivity contribution in [3.8, 4) is 0 Å². The molecule has 0 unspecified atom stereocenters. The minimum Gasteiger partial charge on any atom is -0.388 e. The molecule has 2 aromatic carbocycles. The number of hydrogen-bond donors (Lipinski definition) is 4. The second-order valence-corrected chi connectivity index (χ2v) is 11.9. The Labute approximate surface area is 235 Å². The summed E-state index contributed by atoms with van der Waals surface area (Å²) >= 11 is 8.16. The molecule has 1 saturated carbocycles. The van der Waals surface area contributed by atoms with Crippen LogP contribution in [0, 0.1) is 0 Å². The number of nitrogens with one attached hydrogen (secondary N) is 1. The van der Waals surface area contributed by atoms with Crippen molar-refractivity contribution < 1.29 is 24.9 Å². The van der Waals surface area contributed by atoms with E-state index in [0.29, 0.717) is 17.4 Å². The molecule has 3 heterocycles. The number of aliphatic hydroxyl groups excluding tert-OH is 3. The van der Waals surface area contributed by atoms with Crippen LogP contribution in [-0.4, -0.2) is 56.8 Å². The normalized spacial score (nSPS) is 25.2. The number of hydrogen-bond acceptors (Lipinski definition) is 6. The molecule has 0 spiro atoms. The average molecular weight is 567 g/mol. The van der Waals surface area contributed by atoms with Crippen molar-refractivity contribution in [2.75, 3.05) is 6.54 Å². The first-order valence-corrected chi connectivity index (χ1v) is 14.5. The Morgan fingerprint density at radius 1 is 1.03 bits per heavy atom. The largest absolute Gasteiger partial charge is 0.388 e. The molecule has 2 fully saturated rings. The minimum absolute atomic E-state index is 0.00812. The van der Waals surface area contributed by atoms with E-state index in [9.17, 15) is 20.1 Å². The summed E-state index contributed by atoms with van der Waals surface area (Å²) in [4.78, 5) is 13.4. The number of halogens is 1. The summed E-state index contributed by atoms with van der Waals surface area (Å²) in [6, 6.07) is 18.0. The summed E-state index contributed by atoms with van der Waals surface area (Å²) in [5.74, 6) is 0.481. The second kappa shape index (κ2) is 11.0. The zero-order chi connectivity index (χ0) is 27.1. The lowest BCUT2D eigenvalue weighted by Crippen LogP contribution is -2.58. The van der Waals surface area contributed by atoms with Crippen molar-refractivity contribution in [2.45, 2.75) is 62.2 Å². The molecule has 204 valence electrons. The van der Waals surface area contributed by atoms with Crippen molar-refractivity contribution >= 4 is 39.7 Å². The molecule has 9 heteroatoms. The molecule has 1 saturated heterocycles. The second-order valence-electron chi connectivity index (χ2n) is 10.5. The minimum atomic E-state index is -1.46. The molecule has 1 aliphatic heterocycles. The van der Waals surface area contributed by atoms with Crippen LogP contribution in [0.1, 0.15) is 46.6 Å².